The number of ether oxygens (including phenoxy) is 1. The first-order valence-corrected chi connectivity index (χ1v) is 4.45. The molecule has 78 valence electrons. The van der Waals surface area contributed by atoms with Gasteiger partial charge in [0, 0.05) is 11.4 Å². The highest BCUT2D eigenvalue weighted by Crippen LogP contribution is 2.08. The van der Waals surface area contributed by atoms with Gasteiger partial charge >= 0.3 is 5.97 Å². The summed E-state index contributed by atoms with van der Waals surface area (Å²) < 4.78 is 6.31. The van der Waals surface area contributed by atoms with Crippen LogP contribution in [0.5, 0.6) is 0 Å². The molecule has 0 saturated carbocycles. The van der Waals surface area contributed by atoms with Gasteiger partial charge in [0.1, 0.15) is 0 Å². The Labute approximate surface area is 83.1 Å². The zero-order valence-electron chi connectivity index (χ0n) is 8.65. The lowest BCUT2D eigenvalue weighted by Gasteiger charge is -2.12. The molecule has 1 rings (SSSR count). The number of hydrogen-bond donors (Lipinski definition) is 1. The minimum atomic E-state index is -1.09. The number of hydrogen-bond acceptors (Lipinski definition) is 3. The number of rotatable bonds is 3. The van der Waals surface area contributed by atoms with Crippen LogP contribution < -0.4 is 0 Å². The Hall–Kier alpha value is -1.29. The lowest BCUT2D eigenvalue weighted by atomic mass is 10.3. The van der Waals surface area contributed by atoms with E-state index >= 15 is 0 Å². The van der Waals surface area contributed by atoms with Crippen LogP contribution in [-0.2, 0) is 16.1 Å². The molecule has 1 aromatic rings. The van der Waals surface area contributed by atoms with Crippen molar-refractivity contribution in [3.05, 3.63) is 23.5 Å². The molecule has 0 aliphatic heterocycles. The molecule has 1 unspecified atom stereocenters. The molecule has 0 fully saturated rings. The van der Waals surface area contributed by atoms with Gasteiger partial charge in [-0.2, -0.15) is 0 Å². The standard InChI is InChI=1S/C10H15NO3/c1-7-4-5-8(2)11(7)6-9(12)10(13)14-3/h4-5,9,12H,6H2,1-3H3. The van der Waals surface area contributed by atoms with Crippen LogP contribution in [-0.4, -0.2) is 28.9 Å². The zero-order valence-corrected chi connectivity index (χ0v) is 8.65. The normalized spacial score (nSPS) is 12.6. The fourth-order valence-corrected chi connectivity index (χ4v) is 1.37. The highest BCUT2D eigenvalue weighted by Gasteiger charge is 2.16. The minimum absolute atomic E-state index is 0.247. The van der Waals surface area contributed by atoms with Crippen LogP contribution >= 0.6 is 0 Å². The smallest absolute Gasteiger partial charge is 0.336 e. The average molecular weight is 197 g/mol. The summed E-state index contributed by atoms with van der Waals surface area (Å²) in [4.78, 5) is 11.0. The third-order valence-corrected chi connectivity index (χ3v) is 2.25. The number of carbonyl (C=O) groups is 1. The first-order valence-electron chi connectivity index (χ1n) is 4.45. The number of aryl methyl sites for hydroxylation is 2. The number of carbonyl (C=O) groups excluding carboxylic acids is 1. The van der Waals surface area contributed by atoms with Gasteiger partial charge in [-0.15, -0.1) is 0 Å². The van der Waals surface area contributed by atoms with Crippen molar-refractivity contribution in [3.63, 3.8) is 0 Å². The van der Waals surface area contributed by atoms with E-state index in [0.717, 1.165) is 11.4 Å². The zero-order chi connectivity index (χ0) is 10.7. The highest BCUT2D eigenvalue weighted by molar-refractivity contribution is 5.74. The lowest BCUT2D eigenvalue weighted by Crippen LogP contribution is -2.27. The third kappa shape index (κ3) is 2.14. The Bertz CT molecular complexity index is 311. The van der Waals surface area contributed by atoms with Crippen LogP contribution in [0, 0.1) is 13.8 Å². The monoisotopic (exact) mass is 197 g/mol. The van der Waals surface area contributed by atoms with E-state index in [-0.39, 0.29) is 6.54 Å². The summed E-state index contributed by atoms with van der Waals surface area (Å²) >= 11 is 0. The SMILES string of the molecule is COC(=O)C(O)Cn1c(C)ccc1C. The number of methoxy groups -OCH3 is 1. The molecule has 1 atom stereocenters. The molecular formula is C10H15NO3. The molecule has 4 heteroatoms. The van der Waals surface area contributed by atoms with E-state index in [1.807, 2.05) is 30.5 Å². The number of nitrogens with zero attached hydrogens (tertiary/aromatic N) is 1. The van der Waals surface area contributed by atoms with Crippen LogP contribution in [0.4, 0.5) is 0 Å². The van der Waals surface area contributed by atoms with E-state index in [1.54, 1.807) is 0 Å². The second-order valence-corrected chi connectivity index (χ2v) is 3.27. The minimum Gasteiger partial charge on any atom is -0.467 e. The Morgan fingerprint density at radius 2 is 2.00 bits per heavy atom. The van der Waals surface area contributed by atoms with Gasteiger partial charge in [0.15, 0.2) is 6.10 Å². The van der Waals surface area contributed by atoms with E-state index in [1.165, 1.54) is 7.11 Å². The van der Waals surface area contributed by atoms with Crippen molar-refractivity contribution in [1.82, 2.24) is 4.57 Å². The molecule has 0 bridgehead atoms. The van der Waals surface area contributed by atoms with Crippen molar-refractivity contribution in [2.75, 3.05) is 7.11 Å². The maximum absolute atomic E-state index is 11.0. The molecule has 1 N–H and O–H groups in total. The quantitative estimate of drug-likeness (QED) is 0.723. The number of aliphatic hydroxyl groups excluding tert-OH is 1. The Balaban J connectivity index is 2.73. The molecular weight excluding hydrogens is 182 g/mol. The fraction of sp³-hybridized carbons (Fsp3) is 0.500. The van der Waals surface area contributed by atoms with Crippen LogP contribution in [0.3, 0.4) is 0 Å². The van der Waals surface area contributed by atoms with Gasteiger partial charge in [-0.1, -0.05) is 0 Å². The van der Waals surface area contributed by atoms with Crippen molar-refractivity contribution in [2.24, 2.45) is 0 Å². The molecule has 0 amide bonds. The van der Waals surface area contributed by atoms with E-state index in [9.17, 15) is 9.90 Å². The second-order valence-electron chi connectivity index (χ2n) is 3.27. The average Bonchev–Trinajstić information content (AvgIpc) is 2.48. The fourth-order valence-electron chi connectivity index (χ4n) is 1.37. The first-order chi connectivity index (χ1) is 6.56. The van der Waals surface area contributed by atoms with E-state index < -0.39 is 12.1 Å². The summed E-state index contributed by atoms with van der Waals surface area (Å²) in [5.74, 6) is -0.600. The van der Waals surface area contributed by atoms with Gasteiger partial charge in [0.25, 0.3) is 0 Å². The van der Waals surface area contributed by atoms with Gasteiger partial charge < -0.3 is 14.4 Å². The number of esters is 1. The Morgan fingerprint density at radius 1 is 1.50 bits per heavy atom. The highest BCUT2D eigenvalue weighted by atomic mass is 16.5. The van der Waals surface area contributed by atoms with Gasteiger partial charge in [-0.25, -0.2) is 4.79 Å². The Morgan fingerprint density at radius 3 is 2.43 bits per heavy atom. The third-order valence-electron chi connectivity index (χ3n) is 2.25. The van der Waals surface area contributed by atoms with Gasteiger partial charge in [0.2, 0.25) is 0 Å². The molecule has 0 saturated heterocycles. The van der Waals surface area contributed by atoms with Crippen LogP contribution in [0.25, 0.3) is 0 Å². The predicted octanol–water partition coefficient (Wildman–Crippen LogP) is 0.639. The van der Waals surface area contributed by atoms with Gasteiger partial charge in [-0.05, 0) is 26.0 Å². The van der Waals surface area contributed by atoms with Crippen molar-refractivity contribution in [3.8, 4) is 0 Å². The van der Waals surface area contributed by atoms with Crippen molar-refractivity contribution in [1.29, 1.82) is 0 Å². The topological polar surface area (TPSA) is 51.5 Å². The molecule has 0 aliphatic rings. The maximum atomic E-state index is 11.0. The first kappa shape index (κ1) is 10.8. The molecule has 14 heavy (non-hydrogen) atoms. The van der Waals surface area contributed by atoms with Crippen molar-refractivity contribution < 1.29 is 14.6 Å². The maximum Gasteiger partial charge on any atom is 0.336 e. The molecule has 4 nitrogen and oxygen atoms in total. The molecule has 0 spiro atoms. The summed E-state index contributed by atoms with van der Waals surface area (Å²) in [7, 11) is 1.26. The molecule has 1 aromatic heterocycles. The number of aliphatic hydroxyl groups is 1. The summed E-state index contributed by atoms with van der Waals surface area (Å²) in [5.41, 5.74) is 2.04. The van der Waals surface area contributed by atoms with Crippen LogP contribution in [0.1, 0.15) is 11.4 Å². The Kier molecular flexibility index (Phi) is 3.30. The van der Waals surface area contributed by atoms with Crippen molar-refractivity contribution >= 4 is 5.97 Å². The summed E-state index contributed by atoms with van der Waals surface area (Å²) in [6, 6.07) is 3.89. The predicted molar refractivity (Wildman–Crippen MR) is 51.9 cm³/mol. The summed E-state index contributed by atoms with van der Waals surface area (Å²) in [5, 5.41) is 9.44. The molecule has 0 radical (unpaired) electrons. The van der Waals surface area contributed by atoms with Gasteiger partial charge in [0.05, 0.1) is 13.7 Å². The van der Waals surface area contributed by atoms with Crippen LogP contribution in [0.15, 0.2) is 12.1 Å². The second kappa shape index (κ2) is 4.28. The van der Waals surface area contributed by atoms with E-state index in [4.69, 9.17) is 0 Å². The molecule has 0 aliphatic carbocycles. The summed E-state index contributed by atoms with van der Waals surface area (Å²) in [6.07, 6.45) is -1.09. The number of aromatic nitrogens is 1. The van der Waals surface area contributed by atoms with Gasteiger partial charge in [-0.3, -0.25) is 0 Å². The molecule has 1 heterocycles. The lowest BCUT2D eigenvalue weighted by molar-refractivity contribution is -0.151. The summed E-state index contributed by atoms with van der Waals surface area (Å²) in [6.45, 7) is 4.10. The van der Waals surface area contributed by atoms with E-state index in [2.05, 4.69) is 4.74 Å². The largest absolute Gasteiger partial charge is 0.467 e. The van der Waals surface area contributed by atoms with E-state index in [0.29, 0.717) is 0 Å². The molecule has 0 aromatic carbocycles. The van der Waals surface area contributed by atoms with Crippen LogP contribution in [0.2, 0.25) is 0 Å². The van der Waals surface area contributed by atoms with Crippen molar-refractivity contribution in [2.45, 2.75) is 26.5 Å².